The highest BCUT2D eigenvalue weighted by Crippen LogP contribution is 2.37. The fourth-order valence-electron chi connectivity index (χ4n) is 3.66. The summed E-state index contributed by atoms with van der Waals surface area (Å²) in [6.07, 6.45) is 6.52. The molecule has 0 bridgehead atoms. The molecule has 3 rings (SSSR count). The van der Waals surface area contributed by atoms with Gasteiger partial charge in [0.05, 0.1) is 12.0 Å². The lowest BCUT2D eigenvalue weighted by Crippen LogP contribution is -2.28. The average molecular weight is 343 g/mol. The summed E-state index contributed by atoms with van der Waals surface area (Å²) in [6.45, 7) is 0. The van der Waals surface area contributed by atoms with Gasteiger partial charge in [-0.05, 0) is 43.0 Å². The molecule has 1 fully saturated rings. The smallest absolute Gasteiger partial charge is 0.133 e. The van der Waals surface area contributed by atoms with Crippen LogP contribution in [-0.4, -0.2) is 18.4 Å². The SMILES string of the molecule is CNc1ccc(-c2cc(C3CCCCC3)[nH]c2C(N)NC=N)c(F)c1. The van der Waals surface area contributed by atoms with Crippen LogP contribution in [0, 0.1) is 11.2 Å². The summed E-state index contributed by atoms with van der Waals surface area (Å²) in [7, 11) is 1.77. The van der Waals surface area contributed by atoms with E-state index in [1.54, 1.807) is 13.1 Å². The third kappa shape index (κ3) is 3.69. The number of halogens is 1. The number of benzene rings is 1. The average Bonchev–Trinajstić information content (AvgIpc) is 3.07. The molecular formula is C19H26FN5. The molecule has 2 aromatic rings. The maximum absolute atomic E-state index is 14.6. The van der Waals surface area contributed by atoms with Gasteiger partial charge in [0.25, 0.3) is 0 Å². The lowest BCUT2D eigenvalue weighted by atomic mass is 9.87. The van der Waals surface area contributed by atoms with Gasteiger partial charge in [-0.1, -0.05) is 19.3 Å². The second-order valence-corrected chi connectivity index (χ2v) is 6.62. The number of aromatic nitrogens is 1. The summed E-state index contributed by atoms with van der Waals surface area (Å²) in [5, 5.41) is 13.0. The molecule has 5 nitrogen and oxygen atoms in total. The first kappa shape index (κ1) is 17.5. The Morgan fingerprint density at radius 2 is 2.00 bits per heavy atom. The Labute approximate surface area is 147 Å². The van der Waals surface area contributed by atoms with Crippen molar-refractivity contribution in [2.24, 2.45) is 5.73 Å². The number of anilines is 1. The summed E-state index contributed by atoms with van der Waals surface area (Å²) in [6, 6.07) is 7.15. The van der Waals surface area contributed by atoms with E-state index in [-0.39, 0.29) is 5.82 Å². The standard InChI is InChI=1S/C19H26FN5/c1-23-13-7-8-14(16(20)9-13)15-10-17(12-5-3-2-4-6-12)25-18(15)19(22)24-11-21/h7-12,19,23,25H,2-6,22H2,1H3,(H2,21,24). The topological polar surface area (TPSA) is 89.7 Å². The Kier molecular flexibility index (Phi) is 5.38. The van der Waals surface area contributed by atoms with Crippen LogP contribution < -0.4 is 16.4 Å². The summed E-state index contributed by atoms with van der Waals surface area (Å²) in [4.78, 5) is 3.42. The molecule has 1 saturated carbocycles. The number of H-pyrrole nitrogens is 1. The zero-order valence-electron chi connectivity index (χ0n) is 14.5. The van der Waals surface area contributed by atoms with Gasteiger partial charge >= 0.3 is 0 Å². The third-order valence-corrected chi connectivity index (χ3v) is 5.04. The molecule has 6 heteroatoms. The Bertz CT molecular complexity index is 733. The van der Waals surface area contributed by atoms with Crippen molar-refractivity contribution in [3.8, 4) is 11.1 Å². The lowest BCUT2D eigenvalue weighted by Gasteiger charge is -2.20. The Hall–Kier alpha value is -2.34. The van der Waals surface area contributed by atoms with Crippen LogP contribution >= 0.6 is 0 Å². The minimum absolute atomic E-state index is 0.288. The molecule has 1 aromatic carbocycles. The van der Waals surface area contributed by atoms with Gasteiger partial charge < -0.3 is 21.4 Å². The highest BCUT2D eigenvalue weighted by Gasteiger charge is 2.23. The van der Waals surface area contributed by atoms with Crippen molar-refractivity contribution in [2.45, 2.75) is 44.2 Å². The van der Waals surface area contributed by atoms with Crippen molar-refractivity contribution >= 4 is 12.0 Å². The van der Waals surface area contributed by atoms with Crippen molar-refractivity contribution in [3.63, 3.8) is 0 Å². The van der Waals surface area contributed by atoms with Gasteiger partial charge in [-0.15, -0.1) is 0 Å². The molecule has 134 valence electrons. The first-order valence-corrected chi connectivity index (χ1v) is 8.85. The van der Waals surface area contributed by atoms with Gasteiger partial charge in [-0.2, -0.15) is 0 Å². The summed E-state index contributed by atoms with van der Waals surface area (Å²) in [5.74, 6) is 0.178. The first-order chi connectivity index (χ1) is 12.1. The molecule has 0 saturated heterocycles. The van der Waals surface area contributed by atoms with Gasteiger partial charge in [-0.25, -0.2) is 4.39 Å². The predicted octanol–water partition coefficient (Wildman–Crippen LogP) is 4.06. The molecule has 1 atom stereocenters. The molecule has 0 amide bonds. The largest absolute Gasteiger partial charge is 0.388 e. The van der Waals surface area contributed by atoms with E-state index in [1.165, 1.54) is 25.3 Å². The van der Waals surface area contributed by atoms with E-state index in [1.807, 2.05) is 12.1 Å². The lowest BCUT2D eigenvalue weighted by molar-refractivity contribution is 0.437. The third-order valence-electron chi connectivity index (χ3n) is 5.04. The second kappa shape index (κ2) is 7.70. The quantitative estimate of drug-likeness (QED) is 0.311. The zero-order chi connectivity index (χ0) is 17.8. The maximum atomic E-state index is 14.6. The van der Waals surface area contributed by atoms with Gasteiger partial charge in [0.2, 0.25) is 0 Å². The molecule has 0 radical (unpaired) electrons. The minimum atomic E-state index is -0.576. The van der Waals surface area contributed by atoms with Crippen LogP contribution in [0.4, 0.5) is 10.1 Å². The molecule has 1 aliphatic rings. The fraction of sp³-hybridized carbons (Fsp3) is 0.421. The van der Waals surface area contributed by atoms with Crippen LogP contribution in [0.1, 0.15) is 55.6 Å². The van der Waals surface area contributed by atoms with E-state index >= 15 is 0 Å². The van der Waals surface area contributed by atoms with Crippen LogP contribution in [0.2, 0.25) is 0 Å². The van der Waals surface area contributed by atoms with Crippen LogP contribution in [0.3, 0.4) is 0 Å². The van der Waals surface area contributed by atoms with Crippen LogP contribution in [0.25, 0.3) is 11.1 Å². The number of aromatic amines is 1. The van der Waals surface area contributed by atoms with Gasteiger partial charge in [-0.3, -0.25) is 5.41 Å². The Morgan fingerprint density at radius 1 is 1.24 bits per heavy atom. The molecule has 6 N–H and O–H groups in total. The van der Waals surface area contributed by atoms with Gasteiger partial charge in [0, 0.05) is 29.6 Å². The summed E-state index contributed by atoms with van der Waals surface area (Å²) >= 11 is 0. The van der Waals surface area contributed by atoms with Crippen LogP contribution in [0.15, 0.2) is 24.3 Å². The van der Waals surface area contributed by atoms with Crippen LogP contribution in [0.5, 0.6) is 0 Å². The van der Waals surface area contributed by atoms with Crippen molar-refractivity contribution < 1.29 is 4.39 Å². The van der Waals surface area contributed by atoms with E-state index in [0.29, 0.717) is 11.5 Å². The van der Waals surface area contributed by atoms with E-state index in [2.05, 4.69) is 15.6 Å². The van der Waals surface area contributed by atoms with Crippen molar-refractivity contribution in [1.29, 1.82) is 5.41 Å². The van der Waals surface area contributed by atoms with Crippen LogP contribution in [-0.2, 0) is 0 Å². The fourth-order valence-corrected chi connectivity index (χ4v) is 3.66. The summed E-state index contributed by atoms with van der Waals surface area (Å²) in [5.41, 5.74) is 10.0. The number of nitrogens with two attached hydrogens (primary N) is 1. The monoisotopic (exact) mass is 343 g/mol. The van der Waals surface area contributed by atoms with Crippen molar-refractivity contribution in [2.75, 3.05) is 12.4 Å². The molecule has 1 heterocycles. The van der Waals surface area contributed by atoms with Gasteiger partial charge in [0.15, 0.2) is 0 Å². The van der Waals surface area contributed by atoms with E-state index in [0.717, 1.165) is 41.8 Å². The number of nitrogens with one attached hydrogen (secondary N) is 4. The molecule has 0 spiro atoms. The summed E-state index contributed by atoms with van der Waals surface area (Å²) < 4.78 is 14.6. The number of rotatable bonds is 6. The van der Waals surface area contributed by atoms with E-state index < -0.39 is 6.17 Å². The highest BCUT2D eigenvalue weighted by molar-refractivity contribution is 5.71. The molecule has 1 unspecified atom stereocenters. The predicted molar refractivity (Wildman–Crippen MR) is 100 cm³/mol. The van der Waals surface area contributed by atoms with Gasteiger partial charge in [0.1, 0.15) is 12.0 Å². The molecule has 1 aromatic heterocycles. The molecule has 1 aliphatic carbocycles. The molecular weight excluding hydrogens is 317 g/mol. The van der Waals surface area contributed by atoms with Crippen molar-refractivity contribution in [1.82, 2.24) is 10.3 Å². The Balaban J connectivity index is 2.03. The zero-order valence-corrected chi connectivity index (χ0v) is 14.5. The maximum Gasteiger partial charge on any atom is 0.133 e. The Morgan fingerprint density at radius 3 is 2.64 bits per heavy atom. The first-order valence-electron chi connectivity index (χ1n) is 8.85. The molecule has 0 aliphatic heterocycles. The molecule has 25 heavy (non-hydrogen) atoms. The minimum Gasteiger partial charge on any atom is -0.388 e. The normalized spacial score (nSPS) is 16.4. The second-order valence-electron chi connectivity index (χ2n) is 6.62. The highest BCUT2D eigenvalue weighted by atomic mass is 19.1. The van der Waals surface area contributed by atoms with E-state index in [4.69, 9.17) is 11.1 Å². The van der Waals surface area contributed by atoms with Crippen molar-refractivity contribution in [3.05, 3.63) is 41.5 Å². The number of hydrogen-bond acceptors (Lipinski definition) is 3. The number of hydrogen-bond donors (Lipinski definition) is 5. The van der Waals surface area contributed by atoms with E-state index in [9.17, 15) is 4.39 Å².